The van der Waals surface area contributed by atoms with E-state index < -0.39 is 6.10 Å². The summed E-state index contributed by atoms with van der Waals surface area (Å²) in [6.07, 6.45) is 2.87. The molecule has 0 aliphatic carbocycles. The Labute approximate surface area is 113 Å². The number of Topliss-reactive ketones (excluding diaryl/α,β-unsaturated/α-hetero) is 1. The molecule has 0 saturated heterocycles. The monoisotopic (exact) mass is 258 g/mol. The lowest BCUT2D eigenvalue weighted by atomic mass is 10.0. The Morgan fingerprint density at radius 1 is 1.21 bits per heavy atom. The molecule has 0 aliphatic rings. The molecule has 0 radical (unpaired) electrons. The van der Waals surface area contributed by atoms with E-state index in [2.05, 4.69) is 6.92 Å². The van der Waals surface area contributed by atoms with E-state index in [1.807, 2.05) is 18.2 Å². The molecule has 0 aliphatic heterocycles. The highest BCUT2D eigenvalue weighted by Gasteiger charge is 2.24. The fraction of sp³-hybridized carbons (Fsp3) is 0.312. The second-order valence-corrected chi connectivity index (χ2v) is 4.35. The topological polar surface area (TPSA) is 39.4 Å². The molecule has 3 heteroatoms. The molecular formula is C16H18O3. The second kappa shape index (κ2) is 6.90. The second-order valence-electron chi connectivity index (χ2n) is 4.35. The fourth-order valence-corrected chi connectivity index (χ4v) is 1.83. The maximum absolute atomic E-state index is 12.5. The third-order valence-electron chi connectivity index (χ3n) is 2.88. The van der Waals surface area contributed by atoms with Crippen LogP contribution in [0, 0.1) is 0 Å². The van der Waals surface area contributed by atoms with Gasteiger partial charge in [-0.05, 0) is 18.6 Å². The minimum Gasteiger partial charge on any atom is -0.466 e. The predicted octanol–water partition coefficient (Wildman–Crippen LogP) is 4.02. The average molecular weight is 258 g/mol. The van der Waals surface area contributed by atoms with Crippen molar-refractivity contribution in [2.45, 2.75) is 25.9 Å². The Balaban J connectivity index is 2.15. The summed E-state index contributed by atoms with van der Waals surface area (Å²) in [7, 11) is 0. The summed E-state index contributed by atoms with van der Waals surface area (Å²) in [5.41, 5.74) is 0.639. The molecule has 1 atom stereocenters. The zero-order valence-corrected chi connectivity index (χ0v) is 11.0. The van der Waals surface area contributed by atoms with Gasteiger partial charge in [-0.15, -0.1) is 0 Å². The Kier molecular flexibility index (Phi) is 4.93. The summed E-state index contributed by atoms with van der Waals surface area (Å²) in [5, 5.41) is 0. The van der Waals surface area contributed by atoms with Crippen molar-refractivity contribution in [1.82, 2.24) is 0 Å². The van der Waals surface area contributed by atoms with Gasteiger partial charge in [0.2, 0.25) is 0 Å². The largest absolute Gasteiger partial charge is 0.466 e. The third-order valence-corrected chi connectivity index (χ3v) is 2.88. The standard InChI is InChI=1S/C16H18O3/c1-2-3-11-19-16(14-10-7-12-18-14)15(17)13-8-5-4-6-9-13/h4-10,12,16H,2-3,11H2,1H3. The smallest absolute Gasteiger partial charge is 0.199 e. The molecule has 0 bridgehead atoms. The van der Waals surface area contributed by atoms with Gasteiger partial charge in [-0.1, -0.05) is 43.7 Å². The van der Waals surface area contributed by atoms with Crippen molar-refractivity contribution >= 4 is 5.78 Å². The van der Waals surface area contributed by atoms with Gasteiger partial charge in [-0.3, -0.25) is 4.79 Å². The van der Waals surface area contributed by atoms with Crippen LogP contribution in [0.5, 0.6) is 0 Å². The van der Waals surface area contributed by atoms with Gasteiger partial charge in [0, 0.05) is 12.2 Å². The summed E-state index contributed by atoms with van der Waals surface area (Å²) < 4.78 is 11.0. The first-order valence-corrected chi connectivity index (χ1v) is 6.57. The van der Waals surface area contributed by atoms with Gasteiger partial charge >= 0.3 is 0 Å². The van der Waals surface area contributed by atoms with Gasteiger partial charge in [-0.2, -0.15) is 0 Å². The zero-order valence-electron chi connectivity index (χ0n) is 11.0. The number of ether oxygens (including phenoxy) is 1. The van der Waals surface area contributed by atoms with E-state index in [0.29, 0.717) is 17.9 Å². The lowest BCUT2D eigenvalue weighted by molar-refractivity contribution is 0.0312. The lowest BCUT2D eigenvalue weighted by Crippen LogP contribution is -2.16. The molecule has 19 heavy (non-hydrogen) atoms. The summed E-state index contributed by atoms with van der Waals surface area (Å²) in [4.78, 5) is 12.5. The number of hydrogen-bond donors (Lipinski definition) is 0. The highest BCUT2D eigenvalue weighted by Crippen LogP contribution is 2.23. The van der Waals surface area contributed by atoms with E-state index in [1.54, 1.807) is 30.5 Å². The maximum atomic E-state index is 12.5. The number of ketones is 1. The van der Waals surface area contributed by atoms with Crippen molar-refractivity contribution in [2.75, 3.05) is 6.61 Å². The molecule has 1 aromatic carbocycles. The van der Waals surface area contributed by atoms with Crippen LogP contribution in [0.15, 0.2) is 53.1 Å². The van der Waals surface area contributed by atoms with Gasteiger partial charge in [0.15, 0.2) is 11.9 Å². The van der Waals surface area contributed by atoms with Crippen LogP contribution in [0.3, 0.4) is 0 Å². The molecule has 2 rings (SSSR count). The predicted molar refractivity (Wildman–Crippen MR) is 73.1 cm³/mol. The molecule has 1 unspecified atom stereocenters. The Morgan fingerprint density at radius 2 is 2.00 bits per heavy atom. The van der Waals surface area contributed by atoms with Crippen LogP contribution in [0.1, 0.15) is 42.0 Å². The molecule has 100 valence electrons. The van der Waals surface area contributed by atoms with Crippen LogP contribution in [0.25, 0.3) is 0 Å². The number of furan rings is 1. The summed E-state index contributed by atoms with van der Waals surface area (Å²) in [5.74, 6) is 0.497. The van der Waals surface area contributed by atoms with Gasteiger partial charge in [0.25, 0.3) is 0 Å². The normalized spacial score (nSPS) is 12.3. The van der Waals surface area contributed by atoms with E-state index in [-0.39, 0.29) is 5.78 Å². The molecule has 3 nitrogen and oxygen atoms in total. The van der Waals surface area contributed by atoms with Crippen LogP contribution in [-0.4, -0.2) is 12.4 Å². The minimum absolute atomic E-state index is 0.0633. The van der Waals surface area contributed by atoms with Crippen molar-refractivity contribution in [3.63, 3.8) is 0 Å². The minimum atomic E-state index is -0.649. The van der Waals surface area contributed by atoms with Gasteiger partial charge < -0.3 is 9.15 Å². The van der Waals surface area contributed by atoms with Crippen LogP contribution >= 0.6 is 0 Å². The molecule has 1 heterocycles. The van der Waals surface area contributed by atoms with Crippen LogP contribution < -0.4 is 0 Å². The number of carbonyl (C=O) groups excluding carboxylic acids is 1. The van der Waals surface area contributed by atoms with Gasteiger partial charge in [-0.25, -0.2) is 0 Å². The van der Waals surface area contributed by atoms with E-state index in [4.69, 9.17) is 9.15 Å². The Morgan fingerprint density at radius 3 is 2.63 bits per heavy atom. The van der Waals surface area contributed by atoms with Crippen LogP contribution in [0.2, 0.25) is 0 Å². The molecule has 2 aromatic rings. The molecule has 0 saturated carbocycles. The van der Waals surface area contributed by atoms with E-state index >= 15 is 0 Å². The molecule has 0 amide bonds. The van der Waals surface area contributed by atoms with Crippen LogP contribution in [-0.2, 0) is 4.74 Å². The highest BCUT2D eigenvalue weighted by atomic mass is 16.5. The number of carbonyl (C=O) groups is 1. The molecule has 0 fully saturated rings. The van der Waals surface area contributed by atoms with Gasteiger partial charge in [0.05, 0.1) is 6.26 Å². The quantitative estimate of drug-likeness (QED) is 0.556. The number of hydrogen-bond acceptors (Lipinski definition) is 3. The van der Waals surface area contributed by atoms with Crippen molar-refractivity contribution in [1.29, 1.82) is 0 Å². The third kappa shape index (κ3) is 3.55. The van der Waals surface area contributed by atoms with Crippen LogP contribution in [0.4, 0.5) is 0 Å². The van der Waals surface area contributed by atoms with E-state index in [1.165, 1.54) is 0 Å². The maximum Gasteiger partial charge on any atom is 0.199 e. The number of unbranched alkanes of at least 4 members (excludes halogenated alkanes) is 1. The first-order chi connectivity index (χ1) is 9.33. The highest BCUT2D eigenvalue weighted by molar-refractivity contribution is 5.99. The average Bonchev–Trinajstić information content (AvgIpc) is 2.98. The Hall–Kier alpha value is -1.87. The number of benzene rings is 1. The molecule has 0 N–H and O–H groups in total. The van der Waals surface area contributed by atoms with Gasteiger partial charge in [0.1, 0.15) is 5.76 Å². The summed E-state index contributed by atoms with van der Waals surface area (Å²) in [6.45, 7) is 2.64. The first-order valence-electron chi connectivity index (χ1n) is 6.57. The Bertz CT molecular complexity index is 488. The molecular weight excluding hydrogens is 240 g/mol. The zero-order chi connectivity index (χ0) is 13.5. The summed E-state index contributed by atoms with van der Waals surface area (Å²) in [6, 6.07) is 12.7. The number of rotatable bonds is 7. The molecule has 1 aromatic heterocycles. The van der Waals surface area contributed by atoms with E-state index in [0.717, 1.165) is 12.8 Å². The van der Waals surface area contributed by atoms with Crippen molar-refractivity contribution in [3.8, 4) is 0 Å². The van der Waals surface area contributed by atoms with Crippen molar-refractivity contribution in [2.24, 2.45) is 0 Å². The van der Waals surface area contributed by atoms with Crippen molar-refractivity contribution in [3.05, 3.63) is 60.1 Å². The molecule has 0 spiro atoms. The first kappa shape index (κ1) is 13.6. The summed E-state index contributed by atoms with van der Waals surface area (Å²) >= 11 is 0. The van der Waals surface area contributed by atoms with Crippen molar-refractivity contribution < 1.29 is 13.9 Å². The SMILES string of the molecule is CCCCOC(C(=O)c1ccccc1)c1ccco1. The fourth-order valence-electron chi connectivity index (χ4n) is 1.83. The van der Waals surface area contributed by atoms with E-state index in [9.17, 15) is 4.79 Å². The lowest BCUT2D eigenvalue weighted by Gasteiger charge is -2.14.